The van der Waals surface area contributed by atoms with Gasteiger partial charge in [-0.25, -0.2) is 0 Å². The Hall–Kier alpha value is 1.06. The molecule has 0 saturated carbocycles. The van der Waals surface area contributed by atoms with Crippen molar-refractivity contribution in [2.75, 3.05) is 12.3 Å². The van der Waals surface area contributed by atoms with Gasteiger partial charge < -0.3 is 0 Å². The number of unbranched alkanes of at least 4 members (excludes halogenated alkanes) is 1. The molecule has 0 N–H and O–H groups in total. The zero-order valence-electron chi connectivity index (χ0n) is 5.69. The molecule has 0 aromatic heterocycles. The van der Waals surface area contributed by atoms with E-state index in [1.54, 1.807) is 0 Å². The maximum absolute atomic E-state index is 10.5. The Bertz CT molecular complexity index is 119. The largest absolute Gasteiger partial charge is 0.348 e. The summed E-state index contributed by atoms with van der Waals surface area (Å²) in [5.74, 6) is 0. The van der Waals surface area contributed by atoms with Crippen LogP contribution in [-0.2, 0) is 9.13 Å². The molecule has 4 atom stereocenters. The van der Waals surface area contributed by atoms with Crippen molar-refractivity contribution in [3.8, 4) is 0 Å². The molecule has 2 nitrogen and oxygen atoms in total. The summed E-state index contributed by atoms with van der Waals surface area (Å²) >= 11 is 0. The predicted molar refractivity (Wildman–Crippen MR) is 53.6 cm³/mol. The lowest BCUT2D eigenvalue weighted by molar-refractivity contribution is 0.590. The fourth-order valence-electron chi connectivity index (χ4n) is 0.535. The van der Waals surface area contributed by atoms with Crippen molar-refractivity contribution in [3.63, 3.8) is 0 Å². The normalized spacial score (nSPS) is 13.0. The van der Waals surface area contributed by atoms with Crippen LogP contribution in [0.15, 0.2) is 0 Å². The lowest BCUT2D eigenvalue weighted by Gasteiger charge is -1.82. The third-order valence-corrected chi connectivity index (χ3v) is 4.07. The van der Waals surface area contributed by atoms with Gasteiger partial charge in [-0.15, -0.1) is 0 Å². The summed E-state index contributed by atoms with van der Waals surface area (Å²) in [7, 11) is 2.43. The van der Waals surface area contributed by atoms with Crippen LogP contribution in [0.1, 0.15) is 12.8 Å². The van der Waals surface area contributed by atoms with Crippen molar-refractivity contribution in [1.82, 2.24) is 0 Å². The van der Waals surface area contributed by atoms with E-state index < -0.39 is 15.0 Å². The molecule has 0 aliphatic heterocycles. The van der Waals surface area contributed by atoms with Gasteiger partial charge in [0.25, 0.3) is 0 Å². The van der Waals surface area contributed by atoms with Gasteiger partial charge in [0.1, 0.15) is 30.2 Å². The lowest BCUT2D eigenvalue weighted by atomic mass is 10.4. The van der Waals surface area contributed by atoms with E-state index in [1.807, 2.05) is 0 Å². The first kappa shape index (κ1) is 11.1. The van der Waals surface area contributed by atoms with Gasteiger partial charge >= 0.3 is 15.0 Å². The van der Waals surface area contributed by atoms with E-state index >= 15 is 0 Å². The highest BCUT2D eigenvalue weighted by atomic mass is 32.0. The highest BCUT2D eigenvalue weighted by Gasteiger charge is 2.09. The number of hydrogen-bond donors (Lipinski definition) is 0. The molecule has 0 rings (SSSR count). The Labute approximate surface area is 67.7 Å². The summed E-state index contributed by atoms with van der Waals surface area (Å²) in [4.78, 5) is 0. The molecule has 0 radical (unpaired) electrons. The summed E-state index contributed by atoms with van der Waals surface area (Å²) in [6.07, 6.45) is 3.34. The molecule has 0 spiro atoms. The van der Waals surface area contributed by atoms with Gasteiger partial charge in [0.15, 0.2) is 0 Å². The van der Waals surface area contributed by atoms with E-state index in [-0.39, 0.29) is 0 Å². The number of rotatable bonds is 5. The van der Waals surface area contributed by atoms with Crippen LogP contribution in [0, 0.1) is 0 Å². The van der Waals surface area contributed by atoms with Crippen molar-refractivity contribution in [1.29, 1.82) is 0 Å². The van der Waals surface area contributed by atoms with Crippen LogP contribution in [0.25, 0.3) is 0 Å². The van der Waals surface area contributed by atoms with Gasteiger partial charge in [-0.3, -0.25) is 0 Å². The summed E-state index contributed by atoms with van der Waals surface area (Å²) in [5.41, 5.74) is 0. The van der Waals surface area contributed by atoms with E-state index in [1.165, 1.54) is 0 Å². The highest BCUT2D eigenvalue weighted by Crippen LogP contribution is 2.34. The molecule has 10 heavy (non-hydrogen) atoms. The minimum atomic E-state index is -1.07. The van der Waals surface area contributed by atoms with Crippen molar-refractivity contribution in [2.45, 2.75) is 12.8 Å². The molecule has 4 unspecified atom stereocenters. The number of hydrogen-bond acceptors (Lipinski definition) is 2. The minimum Gasteiger partial charge on any atom is -0.0729 e. The molecule has 58 valence electrons. The summed E-state index contributed by atoms with van der Waals surface area (Å²) in [6.45, 7) is 0. The van der Waals surface area contributed by atoms with Gasteiger partial charge in [0, 0.05) is 0 Å². The second kappa shape index (κ2) is 6.75. The SMILES string of the molecule is O=[P+](P)CCCC[P+](=O)P. The summed E-state index contributed by atoms with van der Waals surface area (Å²) in [6, 6.07) is 0. The monoisotopic (exact) mass is 216 g/mol. The standard InChI is InChI=1S/C4H12O2P4/c5-9(7)3-1-2-4-10(6)8/h1-4,7-8H2/q+2. The predicted octanol–water partition coefficient (Wildman–Crippen LogP) is 3.00. The Morgan fingerprint density at radius 3 is 1.40 bits per heavy atom. The molecular weight excluding hydrogens is 204 g/mol. The molecule has 0 aromatic carbocycles. The topological polar surface area (TPSA) is 34.1 Å². The fourth-order valence-corrected chi connectivity index (χ4v) is 2.70. The van der Waals surface area contributed by atoms with Crippen molar-refractivity contribution in [2.24, 2.45) is 0 Å². The van der Waals surface area contributed by atoms with Crippen LogP contribution in [0.2, 0.25) is 0 Å². The van der Waals surface area contributed by atoms with Crippen LogP contribution < -0.4 is 0 Å². The zero-order chi connectivity index (χ0) is 7.98. The van der Waals surface area contributed by atoms with E-state index in [2.05, 4.69) is 17.9 Å². The van der Waals surface area contributed by atoms with Gasteiger partial charge in [-0.1, -0.05) is 9.13 Å². The van der Waals surface area contributed by atoms with E-state index in [0.29, 0.717) is 0 Å². The Morgan fingerprint density at radius 1 is 0.900 bits per heavy atom. The first-order valence-corrected chi connectivity index (χ1v) is 9.14. The molecule has 0 fully saturated rings. The van der Waals surface area contributed by atoms with Gasteiger partial charge in [0.2, 0.25) is 0 Å². The summed E-state index contributed by atoms with van der Waals surface area (Å²) < 4.78 is 21.0. The molecule has 0 aliphatic rings. The maximum Gasteiger partial charge on any atom is 0.348 e. The van der Waals surface area contributed by atoms with E-state index in [0.717, 1.165) is 25.2 Å². The molecule has 0 aromatic rings. The van der Waals surface area contributed by atoms with Gasteiger partial charge in [-0.05, 0) is 12.8 Å². The molecule has 0 bridgehead atoms. The van der Waals surface area contributed by atoms with Gasteiger partial charge in [0.05, 0.1) is 0 Å². The molecule has 0 saturated heterocycles. The van der Waals surface area contributed by atoms with Crippen molar-refractivity contribution < 1.29 is 9.13 Å². The second-order valence-electron chi connectivity index (χ2n) is 1.99. The van der Waals surface area contributed by atoms with E-state index in [4.69, 9.17) is 0 Å². The van der Waals surface area contributed by atoms with Crippen LogP contribution in [-0.4, -0.2) is 12.3 Å². The summed E-state index contributed by atoms with van der Waals surface area (Å²) in [5, 5.41) is 0. The highest BCUT2D eigenvalue weighted by molar-refractivity contribution is 8.06. The minimum absolute atomic E-state index is 0.744. The van der Waals surface area contributed by atoms with Crippen LogP contribution >= 0.6 is 32.8 Å². The quantitative estimate of drug-likeness (QED) is 0.522. The Balaban J connectivity index is 3.06. The fraction of sp³-hybridized carbons (Fsp3) is 1.00. The average molecular weight is 216 g/mol. The molecule has 0 amide bonds. The van der Waals surface area contributed by atoms with Crippen LogP contribution in [0.5, 0.6) is 0 Å². The molecule has 0 heterocycles. The van der Waals surface area contributed by atoms with Gasteiger partial charge in [-0.2, -0.15) is 0 Å². The third kappa shape index (κ3) is 9.06. The lowest BCUT2D eigenvalue weighted by Crippen LogP contribution is -1.79. The molecule has 0 aliphatic carbocycles. The van der Waals surface area contributed by atoms with Crippen LogP contribution in [0.4, 0.5) is 0 Å². The van der Waals surface area contributed by atoms with Crippen LogP contribution in [0.3, 0.4) is 0 Å². The zero-order valence-corrected chi connectivity index (χ0v) is 9.79. The maximum atomic E-state index is 10.5. The van der Waals surface area contributed by atoms with E-state index in [9.17, 15) is 9.13 Å². The molecular formula is C4H12O2P4+2. The second-order valence-corrected chi connectivity index (χ2v) is 8.01. The first-order chi connectivity index (χ1) is 4.63. The smallest absolute Gasteiger partial charge is 0.0729 e. The molecule has 6 heteroatoms. The van der Waals surface area contributed by atoms with Crippen molar-refractivity contribution in [3.05, 3.63) is 0 Å². The Kier molecular flexibility index (Phi) is 7.47. The average Bonchev–Trinajstić information content (AvgIpc) is 1.79. The Morgan fingerprint density at radius 2 is 1.20 bits per heavy atom. The first-order valence-electron chi connectivity index (χ1n) is 3.01. The van der Waals surface area contributed by atoms with Crippen molar-refractivity contribution >= 4 is 32.8 Å². The third-order valence-electron chi connectivity index (χ3n) is 1.01.